The molecule has 15 heavy (non-hydrogen) atoms. The molecule has 0 aliphatic heterocycles. The van der Waals surface area contributed by atoms with Gasteiger partial charge in [0.25, 0.3) is 0 Å². The van der Waals surface area contributed by atoms with Crippen molar-refractivity contribution >= 4 is 13.3 Å². The van der Waals surface area contributed by atoms with Crippen LogP contribution in [0.15, 0.2) is 12.7 Å². The van der Waals surface area contributed by atoms with E-state index in [0.29, 0.717) is 6.54 Å². The minimum atomic E-state index is -2.73. The van der Waals surface area contributed by atoms with Crippen molar-refractivity contribution in [2.24, 2.45) is 0 Å². The molecule has 0 heterocycles. The van der Waals surface area contributed by atoms with Crippen molar-refractivity contribution in [3.8, 4) is 0 Å². The molecule has 1 amide bonds. The van der Waals surface area contributed by atoms with Gasteiger partial charge in [-0.05, 0) is 13.8 Å². The second-order valence-corrected chi connectivity index (χ2v) is 6.36. The Morgan fingerprint density at radius 3 is 2.47 bits per heavy atom. The van der Waals surface area contributed by atoms with Crippen molar-refractivity contribution in [1.82, 2.24) is 4.90 Å². The van der Waals surface area contributed by atoms with E-state index in [0.717, 1.165) is 0 Å². The maximum Gasteiger partial charge on any atom is 0.220 e. The first-order valence-electron chi connectivity index (χ1n) is 4.90. The predicted molar refractivity (Wildman–Crippen MR) is 62.2 cm³/mol. The molecule has 0 rings (SSSR count). The molecule has 0 spiro atoms. The second kappa shape index (κ2) is 6.09. The zero-order chi connectivity index (χ0) is 12.1. The fourth-order valence-corrected chi connectivity index (χ4v) is 3.12. The zero-order valence-electron chi connectivity index (χ0n) is 9.90. The summed E-state index contributed by atoms with van der Waals surface area (Å²) in [5.74, 6) is -0.121. The molecule has 0 unspecified atom stereocenters. The lowest BCUT2D eigenvalue weighted by Gasteiger charge is -2.24. The molecule has 0 aromatic rings. The third-order valence-electron chi connectivity index (χ3n) is 1.66. The molecule has 0 aromatic heterocycles. The molecule has 5 heteroatoms. The van der Waals surface area contributed by atoms with E-state index in [4.69, 9.17) is 4.52 Å². The van der Waals surface area contributed by atoms with Gasteiger partial charge in [-0.1, -0.05) is 6.08 Å². The van der Waals surface area contributed by atoms with Crippen LogP contribution in [0, 0.1) is 0 Å². The maximum atomic E-state index is 12.0. The average Bonchev–Trinajstić information content (AvgIpc) is 2.00. The van der Waals surface area contributed by atoms with E-state index in [1.54, 1.807) is 12.7 Å². The first kappa shape index (κ1) is 14.4. The van der Waals surface area contributed by atoms with Crippen LogP contribution in [0.2, 0.25) is 0 Å². The highest BCUT2D eigenvalue weighted by Gasteiger charge is 2.22. The Kier molecular flexibility index (Phi) is 5.84. The highest BCUT2D eigenvalue weighted by molar-refractivity contribution is 7.58. The smallest absolute Gasteiger partial charge is 0.220 e. The van der Waals surface area contributed by atoms with Gasteiger partial charge in [-0.15, -0.1) is 6.58 Å². The van der Waals surface area contributed by atoms with E-state index in [-0.39, 0.29) is 18.3 Å². The van der Waals surface area contributed by atoms with Gasteiger partial charge in [0.15, 0.2) is 0 Å². The van der Waals surface area contributed by atoms with Gasteiger partial charge in [-0.25, -0.2) is 0 Å². The van der Waals surface area contributed by atoms with Crippen molar-refractivity contribution in [2.45, 2.75) is 26.9 Å². The SMILES string of the molecule is C=CCN(C[P@@](C)(=O)OC(C)C)C(C)=O. The van der Waals surface area contributed by atoms with Gasteiger partial charge >= 0.3 is 0 Å². The zero-order valence-corrected chi connectivity index (χ0v) is 10.8. The lowest BCUT2D eigenvalue weighted by molar-refractivity contribution is -0.127. The number of hydrogen-bond donors (Lipinski definition) is 0. The average molecular weight is 233 g/mol. The molecular formula is C10H20NO3P. The summed E-state index contributed by atoms with van der Waals surface area (Å²) in [5.41, 5.74) is 0. The molecule has 0 saturated heterocycles. The van der Waals surface area contributed by atoms with E-state index in [1.807, 2.05) is 13.8 Å². The van der Waals surface area contributed by atoms with Gasteiger partial charge in [-0.3, -0.25) is 9.36 Å². The fraction of sp³-hybridized carbons (Fsp3) is 0.700. The standard InChI is InChI=1S/C10H20NO3P/c1-6-7-11(10(4)12)8-15(5,13)14-9(2)3/h6,9H,1,7-8H2,2-5H3/t15-/m0/s1. The normalized spacial score (nSPS) is 14.7. The topological polar surface area (TPSA) is 46.6 Å². The van der Waals surface area contributed by atoms with Crippen molar-refractivity contribution in [3.05, 3.63) is 12.7 Å². The molecule has 0 aromatic carbocycles. The summed E-state index contributed by atoms with van der Waals surface area (Å²) in [4.78, 5) is 12.7. The molecule has 0 aliphatic rings. The van der Waals surface area contributed by atoms with Gasteiger partial charge in [0.2, 0.25) is 13.3 Å². The monoisotopic (exact) mass is 233 g/mol. The summed E-state index contributed by atoms with van der Waals surface area (Å²) >= 11 is 0. The van der Waals surface area contributed by atoms with E-state index in [2.05, 4.69) is 6.58 Å². The van der Waals surface area contributed by atoms with Crippen LogP contribution in [0.25, 0.3) is 0 Å². The van der Waals surface area contributed by atoms with E-state index in [9.17, 15) is 9.36 Å². The maximum absolute atomic E-state index is 12.0. The Bertz CT molecular complexity index is 276. The summed E-state index contributed by atoms with van der Waals surface area (Å²) < 4.78 is 17.3. The van der Waals surface area contributed by atoms with Crippen LogP contribution < -0.4 is 0 Å². The van der Waals surface area contributed by atoms with Gasteiger partial charge in [0.1, 0.15) is 0 Å². The molecule has 4 nitrogen and oxygen atoms in total. The molecule has 0 N–H and O–H groups in total. The first-order chi connectivity index (χ1) is 6.78. The highest BCUT2D eigenvalue weighted by atomic mass is 31.2. The highest BCUT2D eigenvalue weighted by Crippen LogP contribution is 2.44. The Balaban J connectivity index is 4.44. The largest absolute Gasteiger partial charge is 0.330 e. The van der Waals surface area contributed by atoms with Gasteiger partial charge < -0.3 is 9.42 Å². The van der Waals surface area contributed by atoms with Gasteiger partial charge in [0, 0.05) is 20.1 Å². The Morgan fingerprint density at radius 2 is 2.13 bits per heavy atom. The number of rotatable bonds is 6. The van der Waals surface area contributed by atoms with E-state index >= 15 is 0 Å². The third-order valence-corrected chi connectivity index (χ3v) is 3.38. The van der Waals surface area contributed by atoms with Gasteiger partial charge in [0.05, 0.1) is 12.4 Å². The predicted octanol–water partition coefficient (Wildman–Crippen LogP) is 2.31. The van der Waals surface area contributed by atoms with Crippen molar-refractivity contribution < 1.29 is 13.9 Å². The van der Waals surface area contributed by atoms with Crippen LogP contribution in [-0.4, -0.2) is 36.4 Å². The van der Waals surface area contributed by atoms with Crippen LogP contribution in [-0.2, 0) is 13.9 Å². The number of carbonyl (C=O) groups is 1. The Morgan fingerprint density at radius 1 is 1.60 bits per heavy atom. The summed E-state index contributed by atoms with van der Waals surface area (Å²) in [5, 5.41) is 0. The Labute approximate surface area is 91.7 Å². The second-order valence-electron chi connectivity index (χ2n) is 3.84. The Hall–Kier alpha value is -0.600. The van der Waals surface area contributed by atoms with E-state index in [1.165, 1.54) is 11.8 Å². The van der Waals surface area contributed by atoms with Crippen molar-refractivity contribution in [1.29, 1.82) is 0 Å². The molecule has 0 fully saturated rings. The number of amides is 1. The molecule has 1 atom stereocenters. The van der Waals surface area contributed by atoms with Crippen molar-refractivity contribution in [3.63, 3.8) is 0 Å². The number of hydrogen-bond acceptors (Lipinski definition) is 3. The fourth-order valence-electron chi connectivity index (χ4n) is 1.23. The van der Waals surface area contributed by atoms with Crippen molar-refractivity contribution in [2.75, 3.05) is 19.5 Å². The molecule has 0 saturated carbocycles. The van der Waals surface area contributed by atoms with Gasteiger partial charge in [-0.2, -0.15) is 0 Å². The van der Waals surface area contributed by atoms with Crippen LogP contribution in [0.1, 0.15) is 20.8 Å². The molecule has 88 valence electrons. The molecular weight excluding hydrogens is 213 g/mol. The molecule has 0 bridgehead atoms. The van der Waals surface area contributed by atoms with Crippen LogP contribution in [0.3, 0.4) is 0 Å². The summed E-state index contributed by atoms with van der Waals surface area (Å²) in [6.45, 7) is 10.6. The number of nitrogens with zero attached hydrogens (tertiary/aromatic N) is 1. The minimum absolute atomic E-state index is 0.0987. The van der Waals surface area contributed by atoms with Crippen LogP contribution >= 0.6 is 7.37 Å². The molecule has 0 radical (unpaired) electrons. The summed E-state index contributed by atoms with van der Waals surface area (Å²) in [6.07, 6.45) is 1.65. The van der Waals surface area contributed by atoms with Crippen LogP contribution in [0.5, 0.6) is 0 Å². The minimum Gasteiger partial charge on any atom is -0.330 e. The van der Waals surface area contributed by atoms with E-state index < -0.39 is 7.37 Å². The summed E-state index contributed by atoms with van der Waals surface area (Å²) in [6, 6.07) is 0. The summed E-state index contributed by atoms with van der Waals surface area (Å²) in [7, 11) is -2.73. The third kappa shape index (κ3) is 6.47. The van der Waals surface area contributed by atoms with Crippen LogP contribution in [0.4, 0.5) is 0 Å². The quantitative estimate of drug-likeness (QED) is 0.522. The first-order valence-corrected chi connectivity index (χ1v) is 7.15. The lowest BCUT2D eigenvalue weighted by Crippen LogP contribution is -2.30. The number of carbonyl (C=O) groups excluding carboxylic acids is 1. The molecule has 0 aliphatic carbocycles. The lowest BCUT2D eigenvalue weighted by atomic mass is 10.5.